The molecule has 2 aromatic rings. The van der Waals surface area contributed by atoms with Crippen LogP contribution in [-0.4, -0.2) is 53.6 Å². The molecular formula is C15H18N4O3S. The summed E-state index contributed by atoms with van der Waals surface area (Å²) in [5.74, 6) is 1.34. The molecule has 3 heterocycles. The van der Waals surface area contributed by atoms with Gasteiger partial charge in [0.15, 0.2) is 0 Å². The molecule has 0 unspecified atom stereocenters. The van der Waals surface area contributed by atoms with Crippen molar-refractivity contribution >= 4 is 23.1 Å². The van der Waals surface area contributed by atoms with Crippen LogP contribution in [0.1, 0.15) is 17.4 Å². The number of amides is 1. The molecule has 3 rings (SSSR count). The summed E-state index contributed by atoms with van der Waals surface area (Å²) < 4.78 is 5.42. The number of rotatable bonds is 4. The van der Waals surface area contributed by atoms with Crippen LogP contribution in [0, 0.1) is 0 Å². The number of aromatic amines is 1. The maximum atomic E-state index is 12.3. The van der Waals surface area contributed by atoms with Gasteiger partial charge in [0, 0.05) is 37.6 Å². The molecule has 122 valence electrons. The Morgan fingerprint density at radius 1 is 1.35 bits per heavy atom. The quantitative estimate of drug-likeness (QED) is 0.909. The lowest BCUT2D eigenvalue weighted by Crippen LogP contribution is -2.49. The summed E-state index contributed by atoms with van der Waals surface area (Å²) in [4.78, 5) is 34.2. The van der Waals surface area contributed by atoms with Gasteiger partial charge in [-0.3, -0.25) is 9.59 Å². The average Bonchev–Trinajstić information content (AvgIpc) is 3.01. The van der Waals surface area contributed by atoms with Crippen LogP contribution in [0.2, 0.25) is 0 Å². The summed E-state index contributed by atoms with van der Waals surface area (Å²) in [6.07, 6.45) is 0. The molecule has 0 saturated carbocycles. The smallest absolute Gasteiger partial charge is 0.305 e. The van der Waals surface area contributed by atoms with Crippen molar-refractivity contribution in [3.05, 3.63) is 38.9 Å². The Balaban J connectivity index is 1.63. The predicted molar refractivity (Wildman–Crippen MR) is 88.5 cm³/mol. The second-order valence-electron chi connectivity index (χ2n) is 5.11. The molecule has 0 radical (unpaired) electrons. The van der Waals surface area contributed by atoms with E-state index in [0.717, 1.165) is 17.2 Å². The second kappa shape index (κ2) is 6.82. The number of nitrogens with one attached hydrogen (secondary N) is 1. The number of H-pyrrole nitrogens is 1. The number of pyridine rings is 1. The first-order valence-corrected chi connectivity index (χ1v) is 8.37. The van der Waals surface area contributed by atoms with Crippen molar-refractivity contribution in [2.45, 2.75) is 6.92 Å². The Hall–Kier alpha value is -2.35. The number of anilines is 1. The van der Waals surface area contributed by atoms with Gasteiger partial charge in [0.2, 0.25) is 5.88 Å². The van der Waals surface area contributed by atoms with Crippen LogP contribution in [0.5, 0.6) is 5.88 Å². The van der Waals surface area contributed by atoms with E-state index < -0.39 is 0 Å². The van der Waals surface area contributed by atoms with Crippen LogP contribution in [0.15, 0.2) is 28.4 Å². The van der Waals surface area contributed by atoms with Crippen molar-refractivity contribution in [1.82, 2.24) is 14.9 Å². The highest BCUT2D eigenvalue weighted by atomic mass is 32.1. The van der Waals surface area contributed by atoms with Crippen molar-refractivity contribution < 1.29 is 9.53 Å². The van der Waals surface area contributed by atoms with Crippen LogP contribution in [0.25, 0.3) is 0 Å². The first-order chi connectivity index (χ1) is 11.2. The van der Waals surface area contributed by atoms with Crippen molar-refractivity contribution in [3.63, 3.8) is 0 Å². The van der Waals surface area contributed by atoms with E-state index in [0.29, 0.717) is 44.4 Å². The second-order valence-corrected chi connectivity index (χ2v) is 5.95. The minimum Gasteiger partial charge on any atom is -0.478 e. The highest BCUT2D eigenvalue weighted by Crippen LogP contribution is 2.18. The number of carbonyl (C=O) groups is 1. The third-order valence-electron chi connectivity index (χ3n) is 3.64. The van der Waals surface area contributed by atoms with Crippen LogP contribution >= 0.6 is 11.3 Å². The number of ether oxygens (including phenoxy) is 1. The van der Waals surface area contributed by atoms with Gasteiger partial charge in [0.1, 0.15) is 11.5 Å². The third kappa shape index (κ3) is 3.53. The van der Waals surface area contributed by atoms with E-state index in [-0.39, 0.29) is 10.8 Å². The Labute approximate surface area is 137 Å². The van der Waals surface area contributed by atoms with Gasteiger partial charge in [0.25, 0.3) is 5.91 Å². The van der Waals surface area contributed by atoms with E-state index >= 15 is 0 Å². The molecule has 0 aliphatic carbocycles. The lowest BCUT2D eigenvalue weighted by atomic mass is 10.2. The normalized spacial score (nSPS) is 14.8. The fourth-order valence-corrected chi connectivity index (χ4v) is 3.06. The van der Waals surface area contributed by atoms with Gasteiger partial charge in [-0.2, -0.15) is 4.98 Å². The number of thiazole rings is 1. The standard InChI is InChI=1S/C15H18N4O3S/c1-2-22-13-5-3-4-12(17-13)18-6-8-19(9-7-18)14(20)11-10-23-15(21)16-11/h3-5,10H,2,6-9H2,1H3,(H,16,21). The molecule has 0 bridgehead atoms. The zero-order valence-corrected chi connectivity index (χ0v) is 13.6. The molecule has 0 atom stereocenters. The Bertz CT molecular complexity index is 734. The molecule has 1 aliphatic heterocycles. The Morgan fingerprint density at radius 3 is 2.78 bits per heavy atom. The Kier molecular flexibility index (Phi) is 4.61. The minimum atomic E-state index is -0.205. The number of carbonyl (C=O) groups excluding carboxylic acids is 1. The fraction of sp³-hybridized carbons (Fsp3) is 0.400. The van der Waals surface area contributed by atoms with E-state index in [4.69, 9.17) is 4.74 Å². The monoisotopic (exact) mass is 334 g/mol. The van der Waals surface area contributed by atoms with Crippen LogP contribution in [0.3, 0.4) is 0 Å². The van der Waals surface area contributed by atoms with E-state index in [1.54, 1.807) is 10.3 Å². The topological polar surface area (TPSA) is 78.5 Å². The summed E-state index contributed by atoms with van der Waals surface area (Å²) in [6, 6.07) is 5.69. The number of hydrogen-bond donors (Lipinski definition) is 1. The van der Waals surface area contributed by atoms with E-state index in [1.165, 1.54) is 0 Å². The van der Waals surface area contributed by atoms with Crippen molar-refractivity contribution in [1.29, 1.82) is 0 Å². The van der Waals surface area contributed by atoms with Gasteiger partial charge in [0.05, 0.1) is 6.61 Å². The number of nitrogens with zero attached hydrogens (tertiary/aromatic N) is 3. The molecule has 0 aromatic carbocycles. The maximum absolute atomic E-state index is 12.3. The van der Waals surface area contributed by atoms with Crippen LogP contribution in [-0.2, 0) is 0 Å². The molecule has 7 nitrogen and oxygen atoms in total. The summed E-state index contributed by atoms with van der Waals surface area (Å²) in [5, 5.41) is 1.57. The van der Waals surface area contributed by atoms with Crippen molar-refractivity contribution in [2.24, 2.45) is 0 Å². The predicted octanol–water partition coefficient (Wildman–Crippen LogP) is 1.19. The highest BCUT2D eigenvalue weighted by molar-refractivity contribution is 7.07. The lowest BCUT2D eigenvalue weighted by molar-refractivity contribution is 0.0741. The molecule has 2 aromatic heterocycles. The number of aromatic nitrogens is 2. The van der Waals surface area contributed by atoms with Gasteiger partial charge in [-0.15, -0.1) is 0 Å². The molecule has 1 amide bonds. The lowest BCUT2D eigenvalue weighted by Gasteiger charge is -2.35. The van der Waals surface area contributed by atoms with Gasteiger partial charge < -0.3 is 19.5 Å². The highest BCUT2D eigenvalue weighted by Gasteiger charge is 2.24. The van der Waals surface area contributed by atoms with Crippen molar-refractivity contribution in [3.8, 4) is 5.88 Å². The van der Waals surface area contributed by atoms with Crippen molar-refractivity contribution in [2.75, 3.05) is 37.7 Å². The summed E-state index contributed by atoms with van der Waals surface area (Å²) in [7, 11) is 0. The SMILES string of the molecule is CCOc1cccc(N2CCN(C(=O)c3csc(=O)[nH]3)CC2)n1. The maximum Gasteiger partial charge on any atom is 0.305 e. The first-order valence-electron chi connectivity index (χ1n) is 7.49. The number of hydrogen-bond acceptors (Lipinski definition) is 6. The largest absolute Gasteiger partial charge is 0.478 e. The molecule has 1 aliphatic rings. The number of piperazine rings is 1. The summed E-state index contributed by atoms with van der Waals surface area (Å²) in [6.45, 7) is 5.09. The first kappa shape index (κ1) is 15.5. The summed E-state index contributed by atoms with van der Waals surface area (Å²) >= 11 is 1.01. The van der Waals surface area contributed by atoms with E-state index in [2.05, 4.69) is 14.9 Å². The van der Waals surface area contributed by atoms with Gasteiger partial charge >= 0.3 is 4.87 Å². The Morgan fingerprint density at radius 2 is 2.13 bits per heavy atom. The van der Waals surface area contributed by atoms with E-state index in [9.17, 15) is 9.59 Å². The molecule has 0 spiro atoms. The fourth-order valence-electron chi connectivity index (χ4n) is 2.50. The van der Waals surface area contributed by atoms with Crippen LogP contribution < -0.4 is 14.5 Å². The average molecular weight is 334 g/mol. The molecule has 23 heavy (non-hydrogen) atoms. The third-order valence-corrected chi connectivity index (χ3v) is 4.31. The van der Waals surface area contributed by atoms with E-state index in [1.807, 2.05) is 25.1 Å². The minimum absolute atomic E-state index is 0.126. The molecule has 1 fully saturated rings. The molecule has 8 heteroatoms. The van der Waals surface area contributed by atoms with Crippen LogP contribution in [0.4, 0.5) is 5.82 Å². The van der Waals surface area contributed by atoms with Gasteiger partial charge in [-0.05, 0) is 13.0 Å². The molecular weight excluding hydrogens is 316 g/mol. The molecule has 1 saturated heterocycles. The van der Waals surface area contributed by atoms with Gasteiger partial charge in [-0.25, -0.2) is 0 Å². The summed E-state index contributed by atoms with van der Waals surface area (Å²) in [5.41, 5.74) is 0.366. The molecule has 1 N–H and O–H groups in total. The zero-order valence-electron chi connectivity index (χ0n) is 12.8. The zero-order chi connectivity index (χ0) is 16.2. The van der Waals surface area contributed by atoms with Gasteiger partial charge in [-0.1, -0.05) is 17.4 Å².